The van der Waals surface area contributed by atoms with Gasteiger partial charge in [0.05, 0.1) is 44.7 Å². The summed E-state index contributed by atoms with van der Waals surface area (Å²) in [6.45, 7) is -0.965. The number of amides is 1. The van der Waals surface area contributed by atoms with Gasteiger partial charge in [0.15, 0.2) is 31.5 Å². The first-order valence-electron chi connectivity index (χ1n) is 18.4. The molecule has 5 aliphatic rings. The van der Waals surface area contributed by atoms with Gasteiger partial charge in [-0.15, -0.1) is 0 Å². The highest BCUT2D eigenvalue weighted by Crippen LogP contribution is 2.36. The lowest BCUT2D eigenvalue weighted by atomic mass is 9.93. The van der Waals surface area contributed by atoms with Crippen molar-refractivity contribution < 1.29 is 119 Å². The molecule has 15 N–H and O–H groups in total. The number of aliphatic hydroxyl groups is 14. The number of nitrogens with one attached hydrogen (secondary N) is 1. The molecule has 0 bridgehead atoms. The van der Waals surface area contributed by atoms with Gasteiger partial charge in [0.2, 0.25) is 5.91 Å². The van der Waals surface area contributed by atoms with Crippen molar-refractivity contribution in [3.63, 3.8) is 0 Å². The SMILES string of the molecule is CC(=O)N[C@H]1[C@H](O[C@H]2[C@@H](O)[C@@H](CO)O[C@@H](O[C@H]3[C@H](O)[C@@H](O)[C@H](O)O[C@@H]3CO)[C@@H]2O)O[C@H](CO)[C@@H](O[C@@H]2O[C@H](CO)C[C@H](O)[C@H]2O)[C@@H]1O[C@@H]1O[C@@H](C)[C@@H](O)[C@@H](O)[C@@H]1O. The molecule has 5 saturated heterocycles. The zero-order valence-electron chi connectivity index (χ0n) is 30.7. The Hall–Kier alpha value is -1.45. The van der Waals surface area contributed by atoms with Crippen LogP contribution in [0.1, 0.15) is 20.3 Å². The van der Waals surface area contributed by atoms with Crippen molar-refractivity contribution in [3.05, 3.63) is 0 Å². The van der Waals surface area contributed by atoms with Crippen LogP contribution in [0, 0.1) is 0 Å². The average molecular weight is 838 g/mol. The van der Waals surface area contributed by atoms with Crippen molar-refractivity contribution >= 4 is 5.91 Å². The quantitative estimate of drug-likeness (QED) is 0.0819. The topological polar surface area (TPSA) is 395 Å². The average Bonchev–Trinajstić information content (AvgIpc) is 3.18. The maximum atomic E-state index is 12.8. The predicted octanol–water partition coefficient (Wildman–Crippen LogP) is -9.72. The van der Waals surface area contributed by atoms with Crippen LogP contribution in [0.5, 0.6) is 0 Å². The first-order valence-corrected chi connectivity index (χ1v) is 18.4. The number of carbonyl (C=O) groups is 1. The molecular weight excluding hydrogens is 782 g/mol. The fourth-order valence-electron chi connectivity index (χ4n) is 7.33. The Morgan fingerprint density at radius 2 is 1.07 bits per heavy atom. The minimum absolute atomic E-state index is 0.197. The van der Waals surface area contributed by atoms with E-state index in [0.29, 0.717) is 0 Å². The highest BCUT2D eigenvalue weighted by Gasteiger charge is 2.57. The van der Waals surface area contributed by atoms with E-state index >= 15 is 0 Å². The summed E-state index contributed by atoms with van der Waals surface area (Å²) in [4.78, 5) is 12.8. The number of hydrogen-bond acceptors (Lipinski definition) is 24. The highest BCUT2D eigenvalue weighted by atomic mass is 16.8. The Kier molecular flexibility index (Phi) is 16.3. The van der Waals surface area contributed by atoms with E-state index in [1.165, 1.54) is 6.92 Å². The number of carbonyl (C=O) groups excluding carboxylic acids is 1. The Labute approximate surface area is 324 Å². The van der Waals surface area contributed by atoms with Crippen LogP contribution in [-0.4, -0.2) is 251 Å². The van der Waals surface area contributed by atoms with Crippen molar-refractivity contribution in [1.82, 2.24) is 5.32 Å². The van der Waals surface area contributed by atoms with Gasteiger partial charge >= 0.3 is 0 Å². The van der Waals surface area contributed by atoms with Crippen LogP contribution in [0.3, 0.4) is 0 Å². The van der Waals surface area contributed by atoms with Gasteiger partial charge in [-0.1, -0.05) is 0 Å². The van der Waals surface area contributed by atoms with E-state index in [4.69, 9.17) is 42.6 Å². The summed E-state index contributed by atoms with van der Waals surface area (Å²) in [6, 6.07) is -1.68. The lowest BCUT2D eigenvalue weighted by molar-refractivity contribution is -0.389. The minimum atomic E-state index is -2.09. The molecule has 0 aliphatic carbocycles. The van der Waals surface area contributed by atoms with Crippen molar-refractivity contribution in [2.45, 2.75) is 168 Å². The van der Waals surface area contributed by atoms with Crippen molar-refractivity contribution in [2.75, 3.05) is 26.4 Å². The molecular formula is C32H55NO24. The van der Waals surface area contributed by atoms with Crippen molar-refractivity contribution in [3.8, 4) is 0 Å². The molecule has 0 radical (unpaired) electrons. The smallest absolute Gasteiger partial charge is 0.217 e. The molecule has 5 rings (SSSR count). The lowest BCUT2D eigenvalue weighted by Gasteiger charge is -2.51. The first-order chi connectivity index (χ1) is 26.9. The van der Waals surface area contributed by atoms with E-state index < -0.39 is 180 Å². The van der Waals surface area contributed by atoms with Gasteiger partial charge in [0.1, 0.15) is 97.6 Å². The Morgan fingerprint density at radius 1 is 0.526 bits per heavy atom. The van der Waals surface area contributed by atoms with Gasteiger partial charge in [-0.2, -0.15) is 0 Å². The summed E-state index contributed by atoms with van der Waals surface area (Å²) in [7, 11) is 0. The molecule has 0 unspecified atom stereocenters. The first kappa shape index (κ1) is 46.6. The van der Waals surface area contributed by atoms with Crippen LogP contribution in [-0.2, 0) is 47.4 Å². The Morgan fingerprint density at radius 3 is 1.68 bits per heavy atom. The molecule has 5 aliphatic heterocycles. The van der Waals surface area contributed by atoms with Crippen LogP contribution in [0.15, 0.2) is 0 Å². The second-order valence-corrected chi connectivity index (χ2v) is 14.6. The fraction of sp³-hybridized carbons (Fsp3) is 0.969. The van der Waals surface area contributed by atoms with E-state index in [-0.39, 0.29) is 6.42 Å². The van der Waals surface area contributed by atoms with Gasteiger partial charge in [0, 0.05) is 13.3 Å². The molecule has 25 heteroatoms. The monoisotopic (exact) mass is 837 g/mol. The van der Waals surface area contributed by atoms with Crippen molar-refractivity contribution in [2.24, 2.45) is 0 Å². The van der Waals surface area contributed by atoms with Gasteiger partial charge in [0.25, 0.3) is 0 Å². The second-order valence-electron chi connectivity index (χ2n) is 14.6. The van der Waals surface area contributed by atoms with E-state index in [2.05, 4.69) is 5.32 Å². The molecule has 0 spiro atoms. The molecule has 332 valence electrons. The second kappa shape index (κ2) is 19.9. The zero-order chi connectivity index (χ0) is 42.0. The summed E-state index contributed by atoms with van der Waals surface area (Å²) < 4.78 is 51.7. The predicted molar refractivity (Wildman–Crippen MR) is 175 cm³/mol. The summed E-state index contributed by atoms with van der Waals surface area (Å²) >= 11 is 0. The third kappa shape index (κ3) is 10.0. The molecule has 5 fully saturated rings. The zero-order valence-corrected chi connectivity index (χ0v) is 30.7. The molecule has 0 aromatic carbocycles. The van der Waals surface area contributed by atoms with E-state index in [0.717, 1.165) is 6.92 Å². The van der Waals surface area contributed by atoms with Crippen molar-refractivity contribution in [1.29, 1.82) is 0 Å². The summed E-state index contributed by atoms with van der Waals surface area (Å²) in [5.41, 5.74) is 0. The number of aliphatic hydroxyl groups excluding tert-OH is 14. The largest absolute Gasteiger partial charge is 0.394 e. The molecule has 0 saturated carbocycles. The maximum absolute atomic E-state index is 12.8. The molecule has 57 heavy (non-hydrogen) atoms. The number of rotatable bonds is 13. The van der Waals surface area contributed by atoms with E-state index in [1.54, 1.807) is 0 Å². The third-order valence-corrected chi connectivity index (χ3v) is 10.5. The molecule has 5 heterocycles. The van der Waals surface area contributed by atoms with Gasteiger partial charge in [-0.3, -0.25) is 4.79 Å². The van der Waals surface area contributed by atoms with Crippen LogP contribution in [0.2, 0.25) is 0 Å². The summed E-state index contributed by atoms with van der Waals surface area (Å²) in [5, 5.41) is 149. The summed E-state index contributed by atoms with van der Waals surface area (Å²) in [5.74, 6) is -0.796. The standard InChI is InChI=1S/C32H55NO24/c1-8-16(40)19(43)22(46)31(49-8)56-26-15(33-9(2)38)29(53-14(7-37)25(26)55-30-17(41)11(39)3-10(4-34)50-30)57-27-18(42)12(5-35)52-32(23(27)47)54-24-13(6-36)51-28(48)21(45)20(24)44/h8,10-32,34-37,39-48H,3-7H2,1-2H3,(H,33,38)/t8-,10-,11-,12+,13+,14+,15+,16+,17+,18-,19+,20+,21+,22-,23+,24+,25+,26+,27-,28+,29-,30-,31-,32-/m0/s1. The lowest BCUT2D eigenvalue weighted by Crippen LogP contribution is -2.71. The van der Waals surface area contributed by atoms with Crippen LogP contribution in [0.4, 0.5) is 0 Å². The summed E-state index contributed by atoms with van der Waals surface area (Å²) in [6.07, 6.45) is -40.0. The van der Waals surface area contributed by atoms with E-state index in [1.807, 2.05) is 0 Å². The highest BCUT2D eigenvalue weighted by molar-refractivity contribution is 5.73. The normalized spacial score (nSPS) is 51.0. The minimum Gasteiger partial charge on any atom is -0.394 e. The van der Waals surface area contributed by atoms with Crippen LogP contribution >= 0.6 is 0 Å². The fourth-order valence-corrected chi connectivity index (χ4v) is 7.33. The molecule has 0 aromatic heterocycles. The third-order valence-electron chi connectivity index (χ3n) is 10.5. The Bertz CT molecular complexity index is 1270. The van der Waals surface area contributed by atoms with E-state index in [9.17, 15) is 76.3 Å². The molecule has 25 nitrogen and oxygen atoms in total. The van der Waals surface area contributed by atoms with Crippen LogP contribution in [0.25, 0.3) is 0 Å². The maximum Gasteiger partial charge on any atom is 0.217 e. The van der Waals surface area contributed by atoms with Crippen LogP contribution < -0.4 is 5.32 Å². The van der Waals surface area contributed by atoms with Gasteiger partial charge in [-0.05, 0) is 6.92 Å². The number of hydrogen-bond donors (Lipinski definition) is 15. The molecule has 1 amide bonds. The number of ether oxygens (including phenoxy) is 9. The molecule has 24 atom stereocenters. The molecule has 0 aromatic rings. The van der Waals surface area contributed by atoms with Gasteiger partial charge in [-0.25, -0.2) is 0 Å². The van der Waals surface area contributed by atoms with Gasteiger partial charge < -0.3 is 119 Å². The Balaban J connectivity index is 1.49.